The Balaban J connectivity index is 1.76. The van der Waals surface area contributed by atoms with E-state index in [4.69, 9.17) is 4.74 Å². The highest BCUT2D eigenvalue weighted by Crippen LogP contribution is 2.17. The summed E-state index contributed by atoms with van der Waals surface area (Å²) >= 11 is 0. The van der Waals surface area contributed by atoms with Crippen LogP contribution in [0.2, 0.25) is 0 Å². The second kappa shape index (κ2) is 7.74. The molecule has 0 aliphatic heterocycles. The van der Waals surface area contributed by atoms with Crippen molar-refractivity contribution in [3.63, 3.8) is 0 Å². The Bertz CT molecular complexity index is 950. The number of esters is 1. The van der Waals surface area contributed by atoms with Crippen LogP contribution >= 0.6 is 0 Å². The summed E-state index contributed by atoms with van der Waals surface area (Å²) in [4.78, 5) is 33.4. The third kappa shape index (κ3) is 3.85. The zero-order valence-electron chi connectivity index (χ0n) is 14.6. The molecule has 3 rings (SSSR count). The predicted molar refractivity (Wildman–Crippen MR) is 98.8 cm³/mol. The number of rotatable bonds is 5. The molecule has 0 saturated carbocycles. The lowest BCUT2D eigenvalue weighted by atomic mass is 10.1. The summed E-state index contributed by atoms with van der Waals surface area (Å²) < 4.78 is 5.44. The number of carbonyl (C=O) groups excluding carboxylic acids is 2. The van der Waals surface area contributed by atoms with Gasteiger partial charge in [0.15, 0.2) is 6.10 Å². The van der Waals surface area contributed by atoms with E-state index in [1.165, 1.54) is 6.20 Å². The number of carbonyl (C=O) groups is 2. The average molecular weight is 349 g/mol. The van der Waals surface area contributed by atoms with Crippen molar-refractivity contribution in [2.45, 2.75) is 26.4 Å². The topological polar surface area (TPSA) is 81.2 Å². The highest BCUT2D eigenvalue weighted by Gasteiger charge is 2.23. The minimum Gasteiger partial charge on any atom is -0.449 e. The fourth-order valence-corrected chi connectivity index (χ4v) is 2.62. The van der Waals surface area contributed by atoms with Gasteiger partial charge in [-0.2, -0.15) is 0 Å². The Morgan fingerprint density at radius 3 is 2.65 bits per heavy atom. The molecule has 0 radical (unpaired) electrons. The lowest BCUT2D eigenvalue weighted by Gasteiger charge is -2.16. The van der Waals surface area contributed by atoms with Gasteiger partial charge in [-0.25, -0.2) is 4.79 Å². The number of para-hydroxylation sites is 1. The Hall–Kier alpha value is -3.28. The van der Waals surface area contributed by atoms with E-state index in [0.29, 0.717) is 23.1 Å². The minimum absolute atomic E-state index is 0.289. The van der Waals surface area contributed by atoms with Crippen molar-refractivity contribution in [2.75, 3.05) is 5.32 Å². The van der Waals surface area contributed by atoms with Gasteiger partial charge in [0.1, 0.15) is 5.52 Å². The van der Waals surface area contributed by atoms with Crippen LogP contribution in [0.3, 0.4) is 0 Å². The summed E-state index contributed by atoms with van der Waals surface area (Å²) in [5.41, 5.74) is 3.04. The quantitative estimate of drug-likeness (QED) is 0.713. The van der Waals surface area contributed by atoms with Gasteiger partial charge in [0, 0.05) is 18.1 Å². The number of fused-ring (bicyclic) bond motifs is 1. The average Bonchev–Trinajstić information content (AvgIpc) is 2.65. The molecule has 0 aliphatic rings. The fourth-order valence-electron chi connectivity index (χ4n) is 2.62. The van der Waals surface area contributed by atoms with Crippen LogP contribution in [0.1, 0.15) is 29.3 Å². The van der Waals surface area contributed by atoms with Gasteiger partial charge < -0.3 is 10.1 Å². The molecule has 0 saturated heterocycles. The van der Waals surface area contributed by atoms with Crippen LogP contribution in [0.5, 0.6) is 0 Å². The maximum absolute atomic E-state index is 12.6. The molecule has 1 heterocycles. The number of benzene rings is 2. The highest BCUT2D eigenvalue weighted by molar-refractivity contribution is 6.03. The van der Waals surface area contributed by atoms with Crippen LogP contribution in [-0.2, 0) is 9.53 Å². The summed E-state index contributed by atoms with van der Waals surface area (Å²) in [6.45, 7) is 3.73. The van der Waals surface area contributed by atoms with Gasteiger partial charge in [-0.1, -0.05) is 25.1 Å². The molecular formula is C20H19N3O3. The Morgan fingerprint density at radius 1 is 1.12 bits per heavy atom. The van der Waals surface area contributed by atoms with E-state index in [-0.39, 0.29) is 11.5 Å². The lowest BCUT2D eigenvalue weighted by molar-refractivity contribution is -0.124. The van der Waals surface area contributed by atoms with E-state index in [1.807, 2.05) is 25.1 Å². The summed E-state index contributed by atoms with van der Waals surface area (Å²) in [7, 11) is 0. The van der Waals surface area contributed by atoms with Gasteiger partial charge in [0.05, 0.1) is 11.1 Å². The first-order valence-electron chi connectivity index (χ1n) is 8.36. The molecule has 1 amide bonds. The standard InChI is InChI=1S/C20H19N3O3/c1-3-17(19(24)23-14-7-4-6-13(2)12-14)26-20(25)15-8-5-9-16-18(15)22-11-10-21-16/h4-12,17H,3H2,1-2H3,(H,23,24). The molecule has 26 heavy (non-hydrogen) atoms. The van der Waals surface area contributed by atoms with Crippen molar-refractivity contribution >= 4 is 28.6 Å². The molecule has 6 heteroatoms. The number of hydrogen-bond acceptors (Lipinski definition) is 5. The molecule has 0 aliphatic carbocycles. The summed E-state index contributed by atoms with van der Waals surface area (Å²) in [6, 6.07) is 12.5. The van der Waals surface area contributed by atoms with Crippen LogP contribution < -0.4 is 5.32 Å². The number of nitrogens with one attached hydrogen (secondary N) is 1. The minimum atomic E-state index is -0.894. The van der Waals surface area contributed by atoms with Crippen molar-refractivity contribution in [3.8, 4) is 0 Å². The number of ether oxygens (including phenoxy) is 1. The number of aryl methyl sites for hydroxylation is 1. The zero-order chi connectivity index (χ0) is 18.5. The van der Waals surface area contributed by atoms with Crippen molar-refractivity contribution in [3.05, 3.63) is 66.0 Å². The first kappa shape index (κ1) is 17.5. The van der Waals surface area contributed by atoms with Gasteiger partial charge in [0.25, 0.3) is 5.91 Å². The molecule has 3 aromatic rings. The number of aromatic nitrogens is 2. The van der Waals surface area contributed by atoms with Gasteiger partial charge in [-0.15, -0.1) is 0 Å². The highest BCUT2D eigenvalue weighted by atomic mass is 16.5. The van der Waals surface area contributed by atoms with Crippen LogP contribution in [0, 0.1) is 6.92 Å². The second-order valence-electron chi connectivity index (χ2n) is 5.89. The summed E-state index contributed by atoms with van der Waals surface area (Å²) in [5, 5.41) is 2.78. The van der Waals surface area contributed by atoms with E-state index in [9.17, 15) is 9.59 Å². The first-order valence-corrected chi connectivity index (χ1v) is 8.36. The third-order valence-corrected chi connectivity index (χ3v) is 3.92. The zero-order valence-corrected chi connectivity index (χ0v) is 14.6. The molecule has 2 aromatic carbocycles. The fraction of sp³-hybridized carbons (Fsp3) is 0.200. The normalized spacial score (nSPS) is 11.8. The van der Waals surface area contributed by atoms with Gasteiger partial charge in [-0.05, 0) is 43.2 Å². The maximum Gasteiger partial charge on any atom is 0.341 e. The van der Waals surface area contributed by atoms with Crippen molar-refractivity contribution in [2.24, 2.45) is 0 Å². The monoisotopic (exact) mass is 349 g/mol. The van der Waals surface area contributed by atoms with Crippen molar-refractivity contribution < 1.29 is 14.3 Å². The second-order valence-corrected chi connectivity index (χ2v) is 5.89. The van der Waals surface area contributed by atoms with E-state index < -0.39 is 12.1 Å². The first-order chi connectivity index (χ1) is 12.6. The largest absolute Gasteiger partial charge is 0.449 e. The van der Waals surface area contributed by atoms with Gasteiger partial charge >= 0.3 is 5.97 Å². The number of hydrogen-bond donors (Lipinski definition) is 1. The van der Waals surface area contributed by atoms with Crippen LogP contribution in [0.4, 0.5) is 5.69 Å². The Morgan fingerprint density at radius 2 is 1.88 bits per heavy atom. The molecule has 1 N–H and O–H groups in total. The molecule has 132 valence electrons. The van der Waals surface area contributed by atoms with Crippen molar-refractivity contribution in [1.29, 1.82) is 0 Å². The van der Waals surface area contributed by atoms with E-state index >= 15 is 0 Å². The Kier molecular flexibility index (Phi) is 5.22. The van der Waals surface area contributed by atoms with Crippen LogP contribution in [0.15, 0.2) is 54.9 Å². The number of nitrogens with zero attached hydrogens (tertiary/aromatic N) is 2. The molecule has 1 aromatic heterocycles. The molecule has 1 unspecified atom stereocenters. The SMILES string of the molecule is CCC(OC(=O)c1cccc2nccnc12)C(=O)Nc1cccc(C)c1. The number of amides is 1. The molecule has 0 spiro atoms. The smallest absolute Gasteiger partial charge is 0.341 e. The van der Waals surface area contributed by atoms with Crippen molar-refractivity contribution in [1.82, 2.24) is 9.97 Å². The molecule has 0 fully saturated rings. The molecule has 0 bridgehead atoms. The van der Waals surface area contributed by atoms with Crippen LogP contribution in [-0.4, -0.2) is 27.9 Å². The third-order valence-electron chi connectivity index (χ3n) is 3.92. The summed E-state index contributed by atoms with van der Waals surface area (Å²) in [5.74, 6) is -0.958. The van der Waals surface area contributed by atoms with E-state index in [1.54, 1.807) is 37.4 Å². The molecule has 6 nitrogen and oxygen atoms in total. The Labute approximate surface area is 151 Å². The predicted octanol–water partition coefficient (Wildman–Crippen LogP) is 3.51. The van der Waals surface area contributed by atoms with Gasteiger partial charge in [-0.3, -0.25) is 14.8 Å². The molecule has 1 atom stereocenters. The molecular weight excluding hydrogens is 330 g/mol. The lowest BCUT2D eigenvalue weighted by Crippen LogP contribution is -2.32. The van der Waals surface area contributed by atoms with Gasteiger partial charge in [0.2, 0.25) is 0 Å². The maximum atomic E-state index is 12.6. The van der Waals surface area contributed by atoms with E-state index in [0.717, 1.165) is 5.56 Å². The van der Waals surface area contributed by atoms with E-state index in [2.05, 4.69) is 15.3 Å². The summed E-state index contributed by atoms with van der Waals surface area (Å²) in [6.07, 6.45) is 2.54. The number of anilines is 1. The van der Waals surface area contributed by atoms with Crippen LogP contribution in [0.25, 0.3) is 11.0 Å².